The molecule has 8 heteroatoms. The molecule has 2 aromatic heterocycles. The molecule has 1 fully saturated rings. The highest BCUT2D eigenvalue weighted by molar-refractivity contribution is 5.61. The Labute approximate surface area is 115 Å². The van der Waals surface area contributed by atoms with Crippen LogP contribution in [0, 0.1) is 0 Å². The lowest BCUT2D eigenvalue weighted by molar-refractivity contribution is -0.0496. The monoisotopic (exact) mass is 279 g/mol. The summed E-state index contributed by atoms with van der Waals surface area (Å²) < 4.78 is 7.31. The molecule has 0 bridgehead atoms. The van der Waals surface area contributed by atoms with Crippen LogP contribution in [0.4, 0.5) is 5.82 Å². The molecule has 0 radical (unpaired) electrons. The fourth-order valence-corrected chi connectivity index (χ4v) is 2.64. The Morgan fingerprint density at radius 3 is 3.00 bits per heavy atom. The molecular weight excluding hydrogens is 262 g/mol. The van der Waals surface area contributed by atoms with E-state index in [1.54, 1.807) is 24.7 Å². The summed E-state index contributed by atoms with van der Waals surface area (Å²) in [4.78, 5) is 8.36. The molecule has 8 nitrogen and oxygen atoms in total. The molecule has 1 aliphatic heterocycles. The normalized spacial score (nSPS) is 30.0. The quantitative estimate of drug-likeness (QED) is 0.711. The molecule has 20 heavy (non-hydrogen) atoms. The van der Waals surface area contributed by atoms with Crippen molar-refractivity contribution >= 4 is 11.5 Å². The maximum atomic E-state index is 10.5. The van der Waals surface area contributed by atoms with Gasteiger partial charge < -0.3 is 20.3 Å². The second-order valence-corrected chi connectivity index (χ2v) is 5.16. The van der Waals surface area contributed by atoms with E-state index in [4.69, 9.17) is 4.74 Å². The average molecular weight is 279 g/mol. The maximum absolute atomic E-state index is 10.5. The van der Waals surface area contributed by atoms with E-state index in [2.05, 4.69) is 20.4 Å². The SMILES string of the molecule is CNc1ncnn2c([C@@H]3O[C@H](CO)C[C@@]3(C)O)cnc12. The number of anilines is 1. The van der Waals surface area contributed by atoms with Crippen molar-refractivity contribution in [2.24, 2.45) is 0 Å². The van der Waals surface area contributed by atoms with Crippen LogP contribution in [0.1, 0.15) is 25.1 Å². The lowest BCUT2D eigenvalue weighted by Crippen LogP contribution is -2.29. The van der Waals surface area contributed by atoms with Crippen LogP contribution in [-0.2, 0) is 4.74 Å². The fourth-order valence-electron chi connectivity index (χ4n) is 2.64. The Morgan fingerprint density at radius 1 is 1.55 bits per heavy atom. The summed E-state index contributed by atoms with van der Waals surface area (Å²) in [7, 11) is 1.75. The zero-order valence-corrected chi connectivity index (χ0v) is 11.3. The van der Waals surface area contributed by atoms with Gasteiger partial charge in [-0.3, -0.25) is 0 Å². The van der Waals surface area contributed by atoms with E-state index in [1.807, 2.05) is 0 Å². The summed E-state index contributed by atoms with van der Waals surface area (Å²) in [6, 6.07) is 0. The van der Waals surface area contributed by atoms with Crippen LogP contribution >= 0.6 is 0 Å². The first-order valence-corrected chi connectivity index (χ1v) is 6.42. The first-order chi connectivity index (χ1) is 9.56. The predicted molar refractivity (Wildman–Crippen MR) is 70.3 cm³/mol. The topological polar surface area (TPSA) is 105 Å². The number of aliphatic hydroxyl groups excluding tert-OH is 1. The largest absolute Gasteiger partial charge is 0.394 e. The van der Waals surface area contributed by atoms with Crippen molar-refractivity contribution in [2.75, 3.05) is 19.0 Å². The summed E-state index contributed by atoms with van der Waals surface area (Å²) in [5.41, 5.74) is 0.130. The van der Waals surface area contributed by atoms with Crippen molar-refractivity contribution in [1.82, 2.24) is 19.6 Å². The third kappa shape index (κ3) is 1.92. The van der Waals surface area contributed by atoms with Crippen molar-refractivity contribution in [3.05, 3.63) is 18.2 Å². The maximum Gasteiger partial charge on any atom is 0.197 e. The Morgan fingerprint density at radius 2 is 2.35 bits per heavy atom. The standard InChI is InChI=1S/C12H17N5O3/c1-12(19)3-7(5-18)20-9(12)8-4-14-11-10(13-2)15-6-16-17(8)11/h4,6-7,9,18-19H,3,5H2,1-2H3,(H,13,15,16)/t7-,9-,12+/m0/s1. The molecule has 0 unspecified atom stereocenters. The first-order valence-electron chi connectivity index (χ1n) is 6.42. The molecule has 3 atom stereocenters. The number of hydrogen-bond donors (Lipinski definition) is 3. The third-order valence-corrected chi connectivity index (χ3v) is 3.57. The highest BCUT2D eigenvalue weighted by atomic mass is 16.5. The molecular formula is C12H17N5O3. The minimum atomic E-state index is -1.08. The van der Waals surface area contributed by atoms with Crippen molar-refractivity contribution < 1.29 is 14.9 Å². The number of imidazole rings is 1. The molecule has 108 valence electrons. The van der Waals surface area contributed by atoms with E-state index < -0.39 is 11.7 Å². The van der Waals surface area contributed by atoms with Crippen LogP contribution in [0.5, 0.6) is 0 Å². The van der Waals surface area contributed by atoms with E-state index in [9.17, 15) is 10.2 Å². The highest BCUT2D eigenvalue weighted by Crippen LogP contribution is 2.41. The summed E-state index contributed by atoms with van der Waals surface area (Å²) in [5.74, 6) is 0.600. The van der Waals surface area contributed by atoms with Crippen LogP contribution in [0.15, 0.2) is 12.5 Å². The summed E-state index contributed by atoms with van der Waals surface area (Å²) in [6.45, 7) is 1.56. The molecule has 3 heterocycles. The van der Waals surface area contributed by atoms with Crippen LogP contribution in [-0.4, -0.2) is 55.2 Å². The van der Waals surface area contributed by atoms with E-state index >= 15 is 0 Å². The number of aromatic nitrogens is 4. The molecule has 2 aromatic rings. The molecule has 0 spiro atoms. The van der Waals surface area contributed by atoms with Gasteiger partial charge >= 0.3 is 0 Å². The van der Waals surface area contributed by atoms with Gasteiger partial charge in [0.1, 0.15) is 12.4 Å². The number of ether oxygens (including phenoxy) is 1. The molecule has 1 saturated heterocycles. The van der Waals surface area contributed by atoms with Gasteiger partial charge in [0, 0.05) is 13.5 Å². The number of nitrogens with one attached hydrogen (secondary N) is 1. The highest BCUT2D eigenvalue weighted by Gasteiger charge is 2.46. The third-order valence-electron chi connectivity index (χ3n) is 3.57. The summed E-state index contributed by atoms with van der Waals surface area (Å²) >= 11 is 0. The van der Waals surface area contributed by atoms with Gasteiger partial charge in [-0.1, -0.05) is 0 Å². The fraction of sp³-hybridized carbons (Fsp3) is 0.583. The number of hydrogen-bond acceptors (Lipinski definition) is 7. The van der Waals surface area contributed by atoms with Crippen molar-refractivity contribution in [3.8, 4) is 0 Å². The lowest BCUT2D eigenvalue weighted by Gasteiger charge is -2.22. The minimum absolute atomic E-state index is 0.125. The molecule has 0 aliphatic carbocycles. The van der Waals surface area contributed by atoms with Crippen LogP contribution < -0.4 is 5.32 Å². The Bertz CT molecular complexity index is 627. The van der Waals surface area contributed by atoms with E-state index in [1.165, 1.54) is 6.33 Å². The second kappa shape index (κ2) is 4.65. The van der Waals surface area contributed by atoms with Gasteiger partial charge in [-0.25, -0.2) is 14.5 Å². The average Bonchev–Trinajstić information content (AvgIpc) is 2.98. The Balaban J connectivity index is 2.07. The Hall–Kier alpha value is -1.77. The molecule has 0 aromatic carbocycles. The second-order valence-electron chi connectivity index (χ2n) is 5.16. The van der Waals surface area contributed by atoms with Gasteiger partial charge in [-0.05, 0) is 6.92 Å². The van der Waals surface area contributed by atoms with Crippen molar-refractivity contribution in [1.29, 1.82) is 0 Å². The van der Waals surface area contributed by atoms with Crippen molar-refractivity contribution in [3.63, 3.8) is 0 Å². The Kier molecular flexibility index (Phi) is 3.08. The van der Waals surface area contributed by atoms with Gasteiger partial charge in [-0.15, -0.1) is 0 Å². The number of aliphatic hydroxyl groups is 2. The van der Waals surface area contributed by atoms with Crippen molar-refractivity contribution in [2.45, 2.75) is 31.2 Å². The van der Waals surface area contributed by atoms with E-state index in [0.29, 0.717) is 23.6 Å². The number of rotatable bonds is 3. The number of nitrogens with zero attached hydrogens (tertiary/aromatic N) is 4. The summed E-state index contributed by atoms with van der Waals surface area (Å²) in [5, 5.41) is 26.8. The van der Waals surface area contributed by atoms with Gasteiger partial charge in [0.2, 0.25) is 0 Å². The molecule has 0 amide bonds. The van der Waals surface area contributed by atoms with Gasteiger partial charge in [-0.2, -0.15) is 5.10 Å². The molecule has 3 N–H and O–H groups in total. The lowest BCUT2D eigenvalue weighted by atomic mass is 9.94. The zero-order chi connectivity index (χ0) is 14.3. The van der Waals surface area contributed by atoms with Crippen LogP contribution in [0.25, 0.3) is 5.65 Å². The van der Waals surface area contributed by atoms with Crippen LogP contribution in [0.3, 0.4) is 0 Å². The summed E-state index contributed by atoms with van der Waals surface area (Å²) in [6.07, 6.45) is 2.42. The first kappa shape index (κ1) is 13.2. The van der Waals surface area contributed by atoms with Gasteiger partial charge in [0.25, 0.3) is 0 Å². The van der Waals surface area contributed by atoms with Crippen LogP contribution in [0.2, 0.25) is 0 Å². The number of fused-ring (bicyclic) bond motifs is 1. The van der Waals surface area contributed by atoms with Gasteiger partial charge in [0.15, 0.2) is 11.5 Å². The smallest absolute Gasteiger partial charge is 0.197 e. The van der Waals surface area contributed by atoms with E-state index in [0.717, 1.165) is 0 Å². The molecule has 1 aliphatic rings. The van der Waals surface area contributed by atoms with Gasteiger partial charge in [0.05, 0.1) is 30.2 Å². The predicted octanol–water partition coefficient (Wildman–Crippen LogP) is -0.261. The zero-order valence-electron chi connectivity index (χ0n) is 11.3. The van der Waals surface area contributed by atoms with E-state index in [-0.39, 0.29) is 12.7 Å². The minimum Gasteiger partial charge on any atom is -0.394 e. The molecule has 3 rings (SSSR count). The molecule has 0 saturated carbocycles.